The van der Waals surface area contributed by atoms with Crippen LogP contribution in [0.1, 0.15) is 30.9 Å². The van der Waals surface area contributed by atoms with Crippen molar-refractivity contribution in [2.24, 2.45) is 5.41 Å². The zero-order chi connectivity index (χ0) is 11.8. The maximum Gasteiger partial charge on any atom is 0.190 e. The van der Waals surface area contributed by atoms with Crippen LogP contribution in [0.2, 0.25) is 0 Å². The molecular formula is C14H15NO. The van der Waals surface area contributed by atoms with E-state index in [0.29, 0.717) is 17.9 Å². The van der Waals surface area contributed by atoms with Crippen molar-refractivity contribution in [3.63, 3.8) is 0 Å². The summed E-state index contributed by atoms with van der Waals surface area (Å²) in [6, 6.07) is 5.65. The number of Topliss-reactive ketones (excluding diaryl/α,β-unsaturated/α-hetero) is 1. The number of aryl methyl sites for hydroxylation is 1. The molecule has 0 N–H and O–H groups in total. The first kappa shape index (κ1) is 10.9. The Bertz CT molecular complexity index is 478. The van der Waals surface area contributed by atoms with Gasteiger partial charge < -0.3 is 0 Å². The third kappa shape index (κ3) is 1.99. The van der Waals surface area contributed by atoms with Crippen LogP contribution in [0.3, 0.4) is 0 Å². The average Bonchev–Trinajstić information content (AvgIpc) is 2.98. The molecule has 16 heavy (non-hydrogen) atoms. The Morgan fingerprint density at radius 3 is 2.69 bits per heavy atom. The van der Waals surface area contributed by atoms with Gasteiger partial charge in [0.05, 0.1) is 6.57 Å². The summed E-state index contributed by atoms with van der Waals surface area (Å²) in [5, 5.41) is 0. The SMILES string of the molecule is [C-]#[N+]c1ccc(CC(=O)C2(C)CC2)cc1C. The van der Waals surface area contributed by atoms with Crippen LogP contribution in [0.4, 0.5) is 5.69 Å². The Labute approximate surface area is 96.1 Å². The number of hydrogen-bond acceptors (Lipinski definition) is 1. The van der Waals surface area contributed by atoms with Crippen LogP contribution >= 0.6 is 0 Å². The molecule has 1 aliphatic rings. The van der Waals surface area contributed by atoms with Gasteiger partial charge in [-0.25, -0.2) is 4.85 Å². The van der Waals surface area contributed by atoms with E-state index in [1.807, 2.05) is 26.0 Å². The van der Waals surface area contributed by atoms with Gasteiger partial charge in [-0.2, -0.15) is 0 Å². The molecule has 2 heteroatoms. The van der Waals surface area contributed by atoms with Gasteiger partial charge in [0.25, 0.3) is 0 Å². The van der Waals surface area contributed by atoms with E-state index in [-0.39, 0.29) is 5.41 Å². The molecule has 0 bridgehead atoms. The molecule has 0 saturated heterocycles. The van der Waals surface area contributed by atoms with Gasteiger partial charge >= 0.3 is 0 Å². The molecule has 1 aromatic rings. The summed E-state index contributed by atoms with van der Waals surface area (Å²) in [5.74, 6) is 0.336. The Hall–Kier alpha value is -1.62. The molecule has 0 atom stereocenters. The fraction of sp³-hybridized carbons (Fsp3) is 0.429. The largest absolute Gasteiger partial charge is 0.299 e. The molecule has 2 nitrogen and oxygen atoms in total. The number of ketones is 1. The molecule has 0 heterocycles. The highest BCUT2D eigenvalue weighted by atomic mass is 16.1. The topological polar surface area (TPSA) is 21.4 Å². The average molecular weight is 213 g/mol. The molecule has 0 amide bonds. The highest BCUT2D eigenvalue weighted by Gasteiger charge is 2.43. The molecule has 0 unspecified atom stereocenters. The quantitative estimate of drug-likeness (QED) is 0.704. The summed E-state index contributed by atoms with van der Waals surface area (Å²) in [7, 11) is 0. The smallest absolute Gasteiger partial charge is 0.190 e. The first-order valence-electron chi connectivity index (χ1n) is 5.55. The molecule has 0 aliphatic heterocycles. The van der Waals surface area contributed by atoms with Gasteiger partial charge in [0.1, 0.15) is 5.78 Å². The predicted octanol–water partition coefficient (Wildman–Crippen LogP) is 3.46. The van der Waals surface area contributed by atoms with E-state index >= 15 is 0 Å². The number of nitrogens with zero attached hydrogens (tertiary/aromatic N) is 1. The van der Waals surface area contributed by atoms with Crippen molar-refractivity contribution in [3.05, 3.63) is 40.7 Å². The number of benzene rings is 1. The van der Waals surface area contributed by atoms with E-state index in [4.69, 9.17) is 6.57 Å². The first-order chi connectivity index (χ1) is 7.55. The van der Waals surface area contributed by atoms with Crippen LogP contribution in [0.5, 0.6) is 0 Å². The molecule has 1 aromatic carbocycles. The monoisotopic (exact) mass is 213 g/mol. The van der Waals surface area contributed by atoms with Crippen molar-refractivity contribution in [1.29, 1.82) is 0 Å². The molecule has 0 radical (unpaired) electrons. The van der Waals surface area contributed by atoms with E-state index in [0.717, 1.165) is 24.0 Å². The minimum absolute atomic E-state index is 0.0492. The Morgan fingerprint density at radius 2 is 2.19 bits per heavy atom. The van der Waals surface area contributed by atoms with Crippen LogP contribution < -0.4 is 0 Å². The summed E-state index contributed by atoms with van der Waals surface area (Å²) in [5.41, 5.74) is 2.62. The second-order valence-electron chi connectivity index (χ2n) is 4.89. The van der Waals surface area contributed by atoms with Crippen molar-refractivity contribution >= 4 is 11.5 Å². The maximum atomic E-state index is 11.9. The van der Waals surface area contributed by atoms with E-state index in [2.05, 4.69) is 4.85 Å². The molecule has 1 fully saturated rings. The lowest BCUT2D eigenvalue weighted by atomic mass is 9.96. The third-order valence-corrected chi connectivity index (χ3v) is 3.42. The molecule has 0 spiro atoms. The normalized spacial score (nSPS) is 16.6. The lowest BCUT2D eigenvalue weighted by Crippen LogP contribution is -2.14. The first-order valence-corrected chi connectivity index (χ1v) is 5.55. The Kier molecular flexibility index (Phi) is 2.55. The van der Waals surface area contributed by atoms with Gasteiger partial charge in [-0.3, -0.25) is 4.79 Å². The molecule has 1 saturated carbocycles. The minimum Gasteiger partial charge on any atom is -0.299 e. The van der Waals surface area contributed by atoms with Crippen LogP contribution in [-0.4, -0.2) is 5.78 Å². The molecule has 82 valence electrons. The van der Waals surface area contributed by atoms with Crippen LogP contribution in [0.15, 0.2) is 18.2 Å². The van der Waals surface area contributed by atoms with Crippen LogP contribution in [0, 0.1) is 18.9 Å². The zero-order valence-corrected chi connectivity index (χ0v) is 9.71. The van der Waals surface area contributed by atoms with Gasteiger partial charge in [-0.05, 0) is 30.9 Å². The Balaban J connectivity index is 2.14. The third-order valence-electron chi connectivity index (χ3n) is 3.42. The summed E-state index contributed by atoms with van der Waals surface area (Å²) in [6.45, 7) is 10.9. The van der Waals surface area contributed by atoms with Crippen LogP contribution in [-0.2, 0) is 11.2 Å². The van der Waals surface area contributed by atoms with Crippen molar-refractivity contribution in [1.82, 2.24) is 0 Å². The lowest BCUT2D eigenvalue weighted by Gasteiger charge is -2.08. The maximum absolute atomic E-state index is 11.9. The highest BCUT2D eigenvalue weighted by Crippen LogP contribution is 2.46. The van der Waals surface area contributed by atoms with Gasteiger partial charge in [0, 0.05) is 11.8 Å². The van der Waals surface area contributed by atoms with Gasteiger partial charge in [0.2, 0.25) is 0 Å². The standard InChI is InChI=1S/C14H15NO/c1-10-8-11(4-5-12(10)15-3)9-13(16)14(2)6-7-14/h4-5,8H,6-7,9H2,1-2H3. The van der Waals surface area contributed by atoms with Gasteiger partial charge in [-0.15, -0.1) is 0 Å². The fourth-order valence-corrected chi connectivity index (χ4v) is 1.82. The van der Waals surface area contributed by atoms with E-state index < -0.39 is 0 Å². The molecule has 0 aromatic heterocycles. The van der Waals surface area contributed by atoms with Crippen molar-refractivity contribution < 1.29 is 4.79 Å². The van der Waals surface area contributed by atoms with Crippen molar-refractivity contribution in [2.45, 2.75) is 33.1 Å². The summed E-state index contributed by atoms with van der Waals surface area (Å²) < 4.78 is 0. The minimum atomic E-state index is -0.0492. The summed E-state index contributed by atoms with van der Waals surface area (Å²) in [4.78, 5) is 15.3. The van der Waals surface area contributed by atoms with E-state index in [9.17, 15) is 4.79 Å². The second-order valence-corrected chi connectivity index (χ2v) is 4.89. The lowest BCUT2D eigenvalue weighted by molar-refractivity contribution is -0.122. The number of hydrogen-bond donors (Lipinski definition) is 0. The second kappa shape index (κ2) is 3.75. The van der Waals surface area contributed by atoms with Crippen LogP contribution in [0.25, 0.3) is 4.85 Å². The van der Waals surface area contributed by atoms with Gasteiger partial charge in [0.15, 0.2) is 5.69 Å². The molecule has 2 rings (SSSR count). The van der Waals surface area contributed by atoms with Gasteiger partial charge in [-0.1, -0.05) is 25.1 Å². The number of carbonyl (C=O) groups excluding carboxylic acids is 1. The Morgan fingerprint density at radius 1 is 1.50 bits per heavy atom. The van der Waals surface area contributed by atoms with E-state index in [1.54, 1.807) is 6.07 Å². The summed E-state index contributed by atoms with van der Waals surface area (Å²) in [6.07, 6.45) is 2.57. The van der Waals surface area contributed by atoms with Crippen molar-refractivity contribution in [3.8, 4) is 0 Å². The fourth-order valence-electron chi connectivity index (χ4n) is 1.82. The number of carbonyl (C=O) groups is 1. The number of rotatable bonds is 3. The highest BCUT2D eigenvalue weighted by molar-refractivity contribution is 5.88. The summed E-state index contributed by atoms with van der Waals surface area (Å²) >= 11 is 0. The van der Waals surface area contributed by atoms with Crippen molar-refractivity contribution in [2.75, 3.05) is 0 Å². The van der Waals surface area contributed by atoms with E-state index in [1.165, 1.54) is 0 Å². The predicted molar refractivity (Wildman–Crippen MR) is 63.5 cm³/mol. The molecular weight excluding hydrogens is 198 g/mol. The molecule has 1 aliphatic carbocycles. The zero-order valence-electron chi connectivity index (χ0n) is 9.71.